The number of imide groups is 1. The molecule has 1 fully saturated rings. The summed E-state index contributed by atoms with van der Waals surface area (Å²) < 4.78 is 5.12. The Bertz CT molecular complexity index is 276. The highest BCUT2D eigenvalue weighted by Crippen LogP contribution is 2.18. The Morgan fingerprint density at radius 2 is 2.00 bits per heavy atom. The fraction of sp³-hybridized carbons (Fsp3) is 0.846. The van der Waals surface area contributed by atoms with Gasteiger partial charge in [0.25, 0.3) is 0 Å². The molecule has 104 valence electrons. The van der Waals surface area contributed by atoms with Crippen LogP contribution in [0.15, 0.2) is 0 Å². The van der Waals surface area contributed by atoms with Crippen molar-refractivity contribution in [2.75, 3.05) is 26.8 Å². The van der Waals surface area contributed by atoms with Crippen molar-refractivity contribution in [1.29, 1.82) is 0 Å². The van der Waals surface area contributed by atoms with Crippen LogP contribution in [0.5, 0.6) is 0 Å². The van der Waals surface area contributed by atoms with Gasteiger partial charge in [0.15, 0.2) is 0 Å². The lowest BCUT2D eigenvalue weighted by Crippen LogP contribution is -2.51. The molecule has 0 aromatic rings. The van der Waals surface area contributed by atoms with Crippen LogP contribution in [0.2, 0.25) is 0 Å². The van der Waals surface area contributed by atoms with E-state index in [1.165, 1.54) is 4.90 Å². The summed E-state index contributed by atoms with van der Waals surface area (Å²) in [6, 6.07) is 0.0243. The van der Waals surface area contributed by atoms with Crippen LogP contribution in [0.25, 0.3) is 0 Å². The number of amides is 2. The van der Waals surface area contributed by atoms with Gasteiger partial charge in [-0.3, -0.25) is 14.5 Å². The van der Waals surface area contributed by atoms with Crippen molar-refractivity contribution in [3.05, 3.63) is 0 Å². The van der Waals surface area contributed by atoms with Gasteiger partial charge in [0.05, 0.1) is 6.61 Å². The van der Waals surface area contributed by atoms with Crippen LogP contribution in [0.3, 0.4) is 0 Å². The molecule has 1 N–H and O–H groups in total. The average Bonchev–Trinajstić information content (AvgIpc) is 2.30. The Kier molecular flexibility index (Phi) is 6.29. The highest BCUT2D eigenvalue weighted by Gasteiger charge is 2.31. The number of likely N-dealkylation sites (tertiary alicyclic amines) is 1. The third-order valence-electron chi connectivity index (χ3n) is 3.10. The fourth-order valence-electron chi connectivity index (χ4n) is 2.18. The molecule has 1 unspecified atom stereocenters. The first-order chi connectivity index (χ1) is 8.58. The van der Waals surface area contributed by atoms with Gasteiger partial charge in [0.2, 0.25) is 11.8 Å². The first-order valence-corrected chi connectivity index (χ1v) is 6.64. The molecule has 1 rings (SSSR count). The second kappa shape index (κ2) is 7.48. The molecule has 5 nitrogen and oxygen atoms in total. The van der Waals surface area contributed by atoms with Crippen LogP contribution in [-0.4, -0.2) is 49.6 Å². The van der Waals surface area contributed by atoms with Gasteiger partial charge < -0.3 is 10.1 Å². The molecule has 1 atom stereocenters. The normalized spacial score (nSPS) is 19.4. The van der Waals surface area contributed by atoms with E-state index in [9.17, 15) is 9.59 Å². The van der Waals surface area contributed by atoms with E-state index >= 15 is 0 Å². The number of carbonyl (C=O) groups excluding carboxylic acids is 2. The van der Waals surface area contributed by atoms with Gasteiger partial charge in [-0.1, -0.05) is 13.8 Å². The number of piperidine rings is 1. The van der Waals surface area contributed by atoms with Crippen LogP contribution in [-0.2, 0) is 14.3 Å². The Labute approximate surface area is 109 Å². The summed E-state index contributed by atoms with van der Waals surface area (Å²) in [6.07, 6.45) is 1.96. The molecule has 5 heteroatoms. The maximum absolute atomic E-state index is 11.9. The smallest absolute Gasteiger partial charge is 0.229 e. The number of hydrogen-bond donors (Lipinski definition) is 1. The molecule has 0 aromatic carbocycles. The van der Waals surface area contributed by atoms with Gasteiger partial charge in [-0.15, -0.1) is 0 Å². The molecule has 0 aromatic heterocycles. The zero-order chi connectivity index (χ0) is 13.5. The van der Waals surface area contributed by atoms with Crippen LogP contribution in [0.4, 0.5) is 0 Å². The van der Waals surface area contributed by atoms with Gasteiger partial charge >= 0.3 is 0 Å². The number of rotatable bonds is 7. The molecule has 1 aliphatic heterocycles. The lowest BCUT2D eigenvalue weighted by Gasteiger charge is -2.31. The molecule has 0 aliphatic carbocycles. The molecule has 0 spiro atoms. The summed E-state index contributed by atoms with van der Waals surface area (Å²) in [4.78, 5) is 25.1. The maximum Gasteiger partial charge on any atom is 0.229 e. The van der Waals surface area contributed by atoms with E-state index in [4.69, 9.17) is 4.74 Å². The van der Waals surface area contributed by atoms with E-state index in [1.807, 2.05) is 6.92 Å². The van der Waals surface area contributed by atoms with Crippen LogP contribution >= 0.6 is 0 Å². The fourth-order valence-corrected chi connectivity index (χ4v) is 2.18. The third-order valence-corrected chi connectivity index (χ3v) is 3.10. The van der Waals surface area contributed by atoms with Crippen LogP contribution in [0.1, 0.15) is 33.1 Å². The molecule has 1 heterocycles. The molecule has 1 saturated heterocycles. The average molecular weight is 256 g/mol. The maximum atomic E-state index is 11.9. The monoisotopic (exact) mass is 256 g/mol. The van der Waals surface area contributed by atoms with Crippen molar-refractivity contribution < 1.29 is 14.3 Å². The third kappa shape index (κ3) is 4.38. The molecule has 1 aliphatic rings. The Morgan fingerprint density at radius 3 is 2.50 bits per heavy atom. The van der Waals surface area contributed by atoms with Crippen LogP contribution in [0, 0.1) is 5.92 Å². The summed E-state index contributed by atoms with van der Waals surface area (Å²) in [7, 11) is 1.63. The van der Waals surface area contributed by atoms with Crippen LogP contribution < -0.4 is 5.32 Å². The largest absolute Gasteiger partial charge is 0.383 e. The predicted octanol–water partition coefficient (Wildman–Crippen LogP) is 0.786. The topological polar surface area (TPSA) is 58.6 Å². The SMILES string of the molecule is CCCNC(COC)CN1C(=O)CC(C)CC1=O. The van der Waals surface area contributed by atoms with E-state index in [2.05, 4.69) is 12.2 Å². The van der Waals surface area contributed by atoms with Gasteiger partial charge in [-0.2, -0.15) is 0 Å². The standard InChI is InChI=1S/C13H24N2O3/c1-4-5-14-11(9-18-3)8-15-12(16)6-10(2)7-13(15)17/h10-11,14H,4-9H2,1-3H3. The Balaban J connectivity index is 2.55. The minimum atomic E-state index is -0.0573. The van der Waals surface area contributed by atoms with Gasteiger partial charge in [-0.05, 0) is 18.9 Å². The molecule has 0 radical (unpaired) electrons. The number of carbonyl (C=O) groups is 2. The van der Waals surface area contributed by atoms with E-state index in [0.29, 0.717) is 26.0 Å². The lowest BCUT2D eigenvalue weighted by atomic mass is 9.97. The zero-order valence-electron chi connectivity index (χ0n) is 11.6. The molecular formula is C13H24N2O3. The second-order valence-corrected chi connectivity index (χ2v) is 5.02. The molecule has 0 bridgehead atoms. The summed E-state index contributed by atoms with van der Waals surface area (Å²) >= 11 is 0. The van der Waals surface area contributed by atoms with E-state index in [-0.39, 0.29) is 23.8 Å². The predicted molar refractivity (Wildman–Crippen MR) is 69.1 cm³/mol. The zero-order valence-corrected chi connectivity index (χ0v) is 11.6. The first kappa shape index (κ1) is 15.1. The van der Waals surface area contributed by atoms with Crippen molar-refractivity contribution in [2.24, 2.45) is 5.92 Å². The molecule has 2 amide bonds. The number of nitrogens with one attached hydrogen (secondary N) is 1. The highest BCUT2D eigenvalue weighted by atomic mass is 16.5. The number of nitrogens with zero attached hydrogens (tertiary/aromatic N) is 1. The van der Waals surface area contributed by atoms with Gasteiger partial charge in [0.1, 0.15) is 0 Å². The molecular weight excluding hydrogens is 232 g/mol. The van der Waals surface area contributed by atoms with Crippen molar-refractivity contribution in [1.82, 2.24) is 10.2 Å². The minimum absolute atomic E-state index is 0.0243. The summed E-state index contributed by atoms with van der Waals surface area (Å²) in [5.74, 6) is 0.0574. The second-order valence-electron chi connectivity index (χ2n) is 5.02. The quantitative estimate of drug-likeness (QED) is 0.684. The van der Waals surface area contributed by atoms with Crippen molar-refractivity contribution in [3.8, 4) is 0 Å². The van der Waals surface area contributed by atoms with E-state index in [1.54, 1.807) is 7.11 Å². The first-order valence-electron chi connectivity index (χ1n) is 6.64. The Morgan fingerprint density at radius 1 is 1.39 bits per heavy atom. The summed E-state index contributed by atoms with van der Waals surface area (Å²) in [6.45, 7) is 5.80. The van der Waals surface area contributed by atoms with Crippen molar-refractivity contribution in [2.45, 2.75) is 39.2 Å². The van der Waals surface area contributed by atoms with Gasteiger partial charge in [0, 0.05) is 32.5 Å². The van der Waals surface area contributed by atoms with Crippen molar-refractivity contribution in [3.63, 3.8) is 0 Å². The van der Waals surface area contributed by atoms with E-state index in [0.717, 1.165) is 13.0 Å². The Hall–Kier alpha value is -0.940. The molecule has 0 saturated carbocycles. The number of ether oxygens (including phenoxy) is 1. The number of hydrogen-bond acceptors (Lipinski definition) is 4. The minimum Gasteiger partial charge on any atom is -0.383 e. The lowest BCUT2D eigenvalue weighted by molar-refractivity contribution is -0.150. The highest BCUT2D eigenvalue weighted by molar-refractivity contribution is 5.97. The molecule has 18 heavy (non-hydrogen) atoms. The number of methoxy groups -OCH3 is 1. The summed E-state index contributed by atoms with van der Waals surface area (Å²) in [5.41, 5.74) is 0. The summed E-state index contributed by atoms with van der Waals surface area (Å²) in [5, 5.41) is 3.30. The van der Waals surface area contributed by atoms with E-state index < -0.39 is 0 Å². The van der Waals surface area contributed by atoms with Crippen molar-refractivity contribution >= 4 is 11.8 Å². The van der Waals surface area contributed by atoms with Gasteiger partial charge in [-0.25, -0.2) is 0 Å².